The van der Waals surface area contributed by atoms with Crippen molar-refractivity contribution in [3.05, 3.63) is 48.0 Å². The van der Waals surface area contributed by atoms with Gasteiger partial charge in [0.2, 0.25) is 5.91 Å². The van der Waals surface area contributed by atoms with E-state index < -0.39 is 11.7 Å². The second-order valence-corrected chi connectivity index (χ2v) is 6.07. The van der Waals surface area contributed by atoms with Gasteiger partial charge in [-0.25, -0.2) is 0 Å². The number of carbonyl (C=O) groups is 1. The molecule has 0 aromatic heterocycles. The number of piperidine rings is 1. The Hall–Kier alpha value is -1.82. The molecule has 1 aromatic carbocycles. The first-order valence-electron chi connectivity index (χ1n) is 8.19. The van der Waals surface area contributed by atoms with Crippen LogP contribution in [0.2, 0.25) is 0 Å². The van der Waals surface area contributed by atoms with E-state index in [1.165, 1.54) is 6.08 Å². The molecule has 3 nitrogen and oxygen atoms in total. The molecule has 0 aliphatic carbocycles. The van der Waals surface area contributed by atoms with E-state index in [-0.39, 0.29) is 18.0 Å². The number of rotatable bonds is 5. The van der Waals surface area contributed by atoms with Gasteiger partial charge < -0.3 is 5.32 Å². The van der Waals surface area contributed by atoms with E-state index in [9.17, 15) is 18.0 Å². The van der Waals surface area contributed by atoms with E-state index in [2.05, 4.69) is 16.8 Å². The summed E-state index contributed by atoms with van der Waals surface area (Å²) in [5.41, 5.74) is 0.283. The van der Waals surface area contributed by atoms with E-state index >= 15 is 0 Å². The van der Waals surface area contributed by atoms with Gasteiger partial charge in [0.25, 0.3) is 0 Å². The van der Waals surface area contributed by atoms with Crippen LogP contribution in [0.5, 0.6) is 0 Å². The van der Waals surface area contributed by atoms with Crippen LogP contribution in [0.25, 0.3) is 0 Å². The zero-order valence-electron chi connectivity index (χ0n) is 13.8. The lowest BCUT2D eigenvalue weighted by molar-refractivity contribution is -0.137. The third-order valence-electron chi connectivity index (χ3n) is 4.51. The molecule has 1 heterocycles. The second-order valence-electron chi connectivity index (χ2n) is 6.07. The zero-order chi connectivity index (χ0) is 17.7. The largest absolute Gasteiger partial charge is 0.416 e. The smallest absolute Gasteiger partial charge is 0.350 e. The molecule has 132 valence electrons. The molecule has 1 aliphatic rings. The summed E-state index contributed by atoms with van der Waals surface area (Å²) in [6, 6.07) is 5.68. The molecule has 0 radical (unpaired) electrons. The average Bonchev–Trinajstić information content (AvgIpc) is 2.56. The van der Waals surface area contributed by atoms with Crippen LogP contribution in [0.3, 0.4) is 0 Å². The van der Waals surface area contributed by atoms with Gasteiger partial charge in [0.15, 0.2) is 0 Å². The molecule has 0 spiro atoms. The Morgan fingerprint density at radius 2 is 1.92 bits per heavy atom. The molecule has 1 amide bonds. The first-order chi connectivity index (χ1) is 11.3. The number of alkyl halides is 3. The van der Waals surface area contributed by atoms with Gasteiger partial charge in [-0.15, -0.1) is 0 Å². The fourth-order valence-corrected chi connectivity index (χ4v) is 3.21. The van der Waals surface area contributed by atoms with Crippen LogP contribution >= 0.6 is 0 Å². The number of carbonyl (C=O) groups excluding carboxylic acids is 1. The van der Waals surface area contributed by atoms with Crippen LogP contribution < -0.4 is 5.32 Å². The minimum atomic E-state index is -4.30. The predicted molar refractivity (Wildman–Crippen MR) is 87.4 cm³/mol. The topological polar surface area (TPSA) is 32.3 Å². The van der Waals surface area contributed by atoms with Crippen molar-refractivity contribution < 1.29 is 18.0 Å². The van der Waals surface area contributed by atoms with E-state index in [0.717, 1.165) is 50.0 Å². The summed E-state index contributed by atoms with van der Waals surface area (Å²) in [5.74, 6) is -0.164. The van der Waals surface area contributed by atoms with Crippen molar-refractivity contribution in [2.75, 3.05) is 13.1 Å². The van der Waals surface area contributed by atoms with Crippen molar-refractivity contribution in [3.63, 3.8) is 0 Å². The molecule has 1 atom stereocenters. The van der Waals surface area contributed by atoms with Gasteiger partial charge in [-0.05, 0) is 43.0 Å². The molecule has 1 aliphatic heterocycles. The van der Waals surface area contributed by atoms with Crippen LogP contribution in [0.1, 0.15) is 43.4 Å². The predicted octanol–water partition coefficient (Wildman–Crippen LogP) is 3.92. The maximum Gasteiger partial charge on any atom is 0.416 e. The Kier molecular flexibility index (Phi) is 6.04. The lowest BCUT2D eigenvalue weighted by atomic mass is 9.97. The highest BCUT2D eigenvalue weighted by atomic mass is 19.4. The lowest BCUT2D eigenvalue weighted by Gasteiger charge is -2.37. The molecule has 1 aromatic rings. The summed E-state index contributed by atoms with van der Waals surface area (Å²) in [5, 5.41) is 2.90. The van der Waals surface area contributed by atoms with Gasteiger partial charge >= 0.3 is 6.18 Å². The van der Waals surface area contributed by atoms with Crippen LogP contribution in [-0.4, -0.2) is 29.9 Å². The van der Waals surface area contributed by atoms with Gasteiger partial charge in [0, 0.05) is 25.2 Å². The summed E-state index contributed by atoms with van der Waals surface area (Å²) in [6.07, 6.45) is -0.548. The summed E-state index contributed by atoms with van der Waals surface area (Å²) in [7, 11) is 0. The van der Waals surface area contributed by atoms with Crippen LogP contribution in [0.15, 0.2) is 36.9 Å². The fraction of sp³-hybridized carbons (Fsp3) is 0.500. The molecule has 1 N–H and O–H groups in total. The lowest BCUT2D eigenvalue weighted by Crippen LogP contribution is -2.45. The number of amides is 1. The maximum absolute atomic E-state index is 12.7. The van der Waals surface area contributed by atoms with Crippen LogP contribution in [0, 0.1) is 0 Å². The molecule has 24 heavy (non-hydrogen) atoms. The maximum atomic E-state index is 12.7. The summed E-state index contributed by atoms with van der Waals surface area (Å²) in [6.45, 7) is 7.09. The van der Waals surface area contributed by atoms with Crippen LogP contribution in [-0.2, 0) is 11.0 Å². The van der Waals surface area contributed by atoms with Crippen LogP contribution in [0.4, 0.5) is 13.2 Å². The Morgan fingerprint density at radius 1 is 1.33 bits per heavy atom. The SMILES string of the molecule is C=CC(=O)NC1CCN([C@@H](CC)c2ccc(C(F)(F)F)cc2)CC1. The molecule has 2 rings (SSSR count). The first-order valence-corrected chi connectivity index (χ1v) is 8.19. The third-order valence-corrected chi connectivity index (χ3v) is 4.51. The number of nitrogens with zero attached hydrogens (tertiary/aromatic N) is 1. The summed E-state index contributed by atoms with van der Waals surface area (Å²) >= 11 is 0. The molecular weight excluding hydrogens is 317 g/mol. The number of halogens is 3. The average molecular weight is 340 g/mol. The Morgan fingerprint density at radius 3 is 2.38 bits per heavy atom. The van der Waals surface area contributed by atoms with Crippen molar-refractivity contribution >= 4 is 5.91 Å². The molecule has 6 heteroatoms. The molecule has 0 saturated carbocycles. The molecule has 0 bridgehead atoms. The van der Waals surface area contributed by atoms with Crippen molar-refractivity contribution in [2.45, 2.75) is 44.4 Å². The molecule has 1 saturated heterocycles. The van der Waals surface area contributed by atoms with Crippen molar-refractivity contribution in [2.24, 2.45) is 0 Å². The van der Waals surface area contributed by atoms with E-state index in [0.29, 0.717) is 0 Å². The monoisotopic (exact) mass is 340 g/mol. The second kappa shape index (κ2) is 7.83. The van der Waals surface area contributed by atoms with E-state index in [1.54, 1.807) is 12.1 Å². The Bertz CT molecular complexity index is 561. The van der Waals surface area contributed by atoms with Gasteiger partial charge in [-0.2, -0.15) is 13.2 Å². The fourth-order valence-electron chi connectivity index (χ4n) is 3.21. The van der Waals surface area contributed by atoms with Gasteiger partial charge in [-0.1, -0.05) is 25.6 Å². The van der Waals surface area contributed by atoms with E-state index in [1.807, 2.05) is 6.92 Å². The van der Waals surface area contributed by atoms with E-state index in [4.69, 9.17) is 0 Å². The standard InChI is InChI=1S/C18H23F3N2O/c1-3-16(13-5-7-14(8-6-13)18(19,20)21)23-11-9-15(10-12-23)22-17(24)4-2/h4-8,15-16H,2-3,9-12H2,1H3,(H,22,24)/t16-/m0/s1. The highest BCUT2D eigenvalue weighted by Crippen LogP contribution is 2.32. The third kappa shape index (κ3) is 4.60. The Balaban J connectivity index is 2.00. The normalized spacial score (nSPS) is 18.2. The molecule has 0 unspecified atom stereocenters. The minimum absolute atomic E-state index is 0.100. The Labute approximate surface area is 140 Å². The number of hydrogen-bond donors (Lipinski definition) is 1. The van der Waals surface area contributed by atoms with Gasteiger partial charge in [0.1, 0.15) is 0 Å². The summed E-state index contributed by atoms with van der Waals surface area (Å²) < 4.78 is 38.0. The van der Waals surface area contributed by atoms with Gasteiger partial charge in [0.05, 0.1) is 5.56 Å². The van der Waals surface area contributed by atoms with Crippen molar-refractivity contribution in [3.8, 4) is 0 Å². The summed E-state index contributed by atoms with van der Waals surface area (Å²) in [4.78, 5) is 13.6. The number of nitrogens with one attached hydrogen (secondary N) is 1. The van der Waals surface area contributed by atoms with Gasteiger partial charge in [-0.3, -0.25) is 9.69 Å². The highest BCUT2D eigenvalue weighted by molar-refractivity contribution is 5.87. The number of hydrogen-bond acceptors (Lipinski definition) is 2. The quantitative estimate of drug-likeness (QED) is 0.824. The first kappa shape index (κ1) is 18.5. The minimum Gasteiger partial charge on any atom is -0.350 e. The number of likely N-dealkylation sites (tertiary alicyclic amines) is 1. The van der Waals surface area contributed by atoms with Crippen molar-refractivity contribution in [1.82, 2.24) is 10.2 Å². The molecular formula is C18H23F3N2O. The van der Waals surface area contributed by atoms with Crippen molar-refractivity contribution in [1.29, 1.82) is 0 Å². The highest BCUT2D eigenvalue weighted by Gasteiger charge is 2.31. The molecule has 1 fully saturated rings. The zero-order valence-corrected chi connectivity index (χ0v) is 13.8. The number of benzene rings is 1.